The molecule has 2 N–H and O–H groups in total. The molecule has 0 unspecified atom stereocenters. The van der Waals surface area contributed by atoms with Gasteiger partial charge in [-0.05, 0) is 0 Å². The first-order valence-corrected chi connectivity index (χ1v) is 1.72. The van der Waals surface area contributed by atoms with Crippen molar-refractivity contribution in [3.8, 4) is 0 Å². The summed E-state index contributed by atoms with van der Waals surface area (Å²) in [5.41, 5.74) is -0.516. The molecule has 1 heterocycles. The number of nitrogens with one attached hydrogen (secondary N) is 2. The summed E-state index contributed by atoms with van der Waals surface area (Å²) in [6.07, 6.45) is 0.961. The molecule has 0 aliphatic carbocycles. The molecule has 3 nitrogen and oxygen atoms in total. The Balaban J connectivity index is 3.30. The van der Waals surface area contributed by atoms with E-state index in [9.17, 15) is 9.18 Å². The zero-order chi connectivity index (χ0) is 5.28. The van der Waals surface area contributed by atoms with Crippen LogP contribution < -0.4 is 5.69 Å². The lowest BCUT2D eigenvalue weighted by Crippen LogP contribution is -1.99. The largest absolute Gasteiger partial charge is 0.325 e. The zero-order valence-electron chi connectivity index (χ0n) is 3.36. The topological polar surface area (TPSA) is 48.6 Å². The molecule has 0 fully saturated rings. The highest BCUT2D eigenvalue weighted by Crippen LogP contribution is 1.76. The minimum Gasteiger partial charge on any atom is -0.310 e. The Labute approximate surface area is 38.2 Å². The van der Waals surface area contributed by atoms with E-state index in [1.807, 2.05) is 4.98 Å². The number of halogens is 1. The van der Waals surface area contributed by atoms with E-state index in [0.717, 1.165) is 6.20 Å². The van der Waals surface area contributed by atoms with Crippen molar-refractivity contribution < 1.29 is 4.39 Å². The van der Waals surface area contributed by atoms with Gasteiger partial charge < -0.3 is 4.98 Å². The van der Waals surface area contributed by atoms with E-state index in [0.29, 0.717) is 0 Å². The smallest absolute Gasteiger partial charge is 0.310 e. The molecule has 0 radical (unpaired) electrons. The third-order valence-electron chi connectivity index (χ3n) is 0.563. The maximum Gasteiger partial charge on any atom is 0.325 e. The molecule has 1 rings (SSSR count). The fraction of sp³-hybridized carbons (Fsp3) is 0. The monoisotopic (exact) mass is 102 g/mol. The fourth-order valence-corrected chi connectivity index (χ4v) is 0.310. The van der Waals surface area contributed by atoms with E-state index in [1.54, 1.807) is 0 Å². The number of aromatic nitrogens is 2. The molecule has 7 heavy (non-hydrogen) atoms. The maximum absolute atomic E-state index is 11.6. The molecule has 0 aliphatic rings. The van der Waals surface area contributed by atoms with Gasteiger partial charge in [-0.15, -0.1) is 0 Å². The van der Waals surface area contributed by atoms with Crippen LogP contribution in [0.1, 0.15) is 0 Å². The van der Waals surface area contributed by atoms with Crippen LogP contribution in [-0.2, 0) is 0 Å². The molecule has 0 bridgehead atoms. The Kier molecular flexibility index (Phi) is 0.714. The first-order valence-electron chi connectivity index (χ1n) is 1.72. The Hall–Kier alpha value is -1.06. The number of aromatic amines is 2. The number of imidazole rings is 1. The second kappa shape index (κ2) is 1.22. The Morgan fingerprint density at radius 1 is 1.71 bits per heavy atom. The highest BCUT2D eigenvalue weighted by Gasteiger charge is 1.85. The molecule has 4 heteroatoms. The highest BCUT2D eigenvalue weighted by molar-refractivity contribution is 4.72. The molecular weight excluding hydrogens is 99.0 g/mol. The molecule has 1 aromatic heterocycles. The number of hydrogen-bond acceptors (Lipinski definition) is 1. The van der Waals surface area contributed by atoms with Crippen LogP contribution in [0, 0.1) is 5.95 Å². The maximum atomic E-state index is 11.6. The van der Waals surface area contributed by atoms with Crippen molar-refractivity contribution in [3.05, 3.63) is 22.6 Å². The van der Waals surface area contributed by atoms with Crippen molar-refractivity contribution in [2.45, 2.75) is 0 Å². The molecule has 0 saturated carbocycles. The minimum atomic E-state index is -0.634. The summed E-state index contributed by atoms with van der Waals surface area (Å²) < 4.78 is 11.6. The molecule has 38 valence electrons. The Morgan fingerprint density at radius 2 is 2.43 bits per heavy atom. The van der Waals surface area contributed by atoms with Gasteiger partial charge in [0.1, 0.15) is 0 Å². The summed E-state index contributed by atoms with van der Waals surface area (Å²) in [5.74, 6) is -0.634. The fourth-order valence-electron chi connectivity index (χ4n) is 0.310. The van der Waals surface area contributed by atoms with Crippen LogP contribution >= 0.6 is 0 Å². The van der Waals surface area contributed by atoms with Crippen molar-refractivity contribution in [1.29, 1.82) is 0 Å². The lowest BCUT2D eigenvalue weighted by Gasteiger charge is -1.62. The van der Waals surface area contributed by atoms with Gasteiger partial charge in [0.05, 0.1) is 6.20 Å². The summed E-state index contributed by atoms with van der Waals surface area (Å²) in [6.45, 7) is 0. The van der Waals surface area contributed by atoms with E-state index < -0.39 is 11.6 Å². The Morgan fingerprint density at radius 3 is 2.57 bits per heavy atom. The summed E-state index contributed by atoms with van der Waals surface area (Å²) in [6, 6.07) is 0. The number of hydrogen-bond donors (Lipinski definition) is 2. The van der Waals surface area contributed by atoms with Crippen LogP contribution in [0.3, 0.4) is 0 Å². The predicted octanol–water partition coefficient (Wildman–Crippen LogP) is -0.158. The van der Waals surface area contributed by atoms with E-state index in [4.69, 9.17) is 0 Å². The average Bonchev–Trinajstić information content (AvgIpc) is 1.87. The van der Waals surface area contributed by atoms with Crippen LogP contribution in [0.5, 0.6) is 0 Å². The molecule has 0 spiro atoms. The van der Waals surface area contributed by atoms with E-state index in [-0.39, 0.29) is 0 Å². The van der Waals surface area contributed by atoms with Gasteiger partial charge in [0, 0.05) is 0 Å². The third kappa shape index (κ3) is 0.677. The zero-order valence-corrected chi connectivity index (χ0v) is 3.36. The van der Waals surface area contributed by atoms with Crippen LogP contribution in [-0.4, -0.2) is 9.97 Å². The van der Waals surface area contributed by atoms with Gasteiger partial charge >= 0.3 is 5.69 Å². The number of rotatable bonds is 0. The van der Waals surface area contributed by atoms with Crippen molar-refractivity contribution in [2.75, 3.05) is 0 Å². The van der Waals surface area contributed by atoms with E-state index in [1.165, 1.54) is 0 Å². The summed E-state index contributed by atoms with van der Waals surface area (Å²) in [4.78, 5) is 13.9. The van der Waals surface area contributed by atoms with Gasteiger partial charge in [0.15, 0.2) is 0 Å². The SMILES string of the molecule is O=c1[nH]cc(F)[nH]1. The predicted molar refractivity (Wildman–Crippen MR) is 21.4 cm³/mol. The average molecular weight is 102 g/mol. The molecule has 1 aromatic rings. The van der Waals surface area contributed by atoms with Gasteiger partial charge in [-0.3, -0.25) is 4.98 Å². The first-order chi connectivity index (χ1) is 3.29. The molecule has 0 amide bonds. The quantitative estimate of drug-likeness (QED) is 0.470. The van der Waals surface area contributed by atoms with Gasteiger partial charge in [-0.2, -0.15) is 4.39 Å². The lowest BCUT2D eigenvalue weighted by molar-refractivity contribution is 0.588. The number of H-pyrrole nitrogens is 2. The second-order valence-corrected chi connectivity index (χ2v) is 1.09. The van der Waals surface area contributed by atoms with Crippen LogP contribution in [0.15, 0.2) is 11.0 Å². The Bertz CT molecular complexity index is 201. The standard InChI is InChI=1S/C3H3FN2O/c4-2-1-5-3(7)6-2/h1H,(H2,5,6,7). The molecule has 0 atom stereocenters. The summed E-state index contributed by atoms with van der Waals surface area (Å²) >= 11 is 0. The van der Waals surface area contributed by atoms with Gasteiger partial charge in [0.2, 0.25) is 5.95 Å². The second-order valence-electron chi connectivity index (χ2n) is 1.09. The molecular formula is C3H3FN2O. The van der Waals surface area contributed by atoms with E-state index in [2.05, 4.69) is 4.98 Å². The molecule has 0 aromatic carbocycles. The van der Waals surface area contributed by atoms with Gasteiger partial charge in [-0.25, -0.2) is 4.79 Å². The van der Waals surface area contributed by atoms with Gasteiger partial charge in [0.25, 0.3) is 0 Å². The van der Waals surface area contributed by atoms with Crippen molar-refractivity contribution >= 4 is 0 Å². The van der Waals surface area contributed by atoms with Crippen molar-refractivity contribution in [3.63, 3.8) is 0 Å². The molecule has 0 saturated heterocycles. The lowest BCUT2D eigenvalue weighted by atomic mass is 10.9. The highest BCUT2D eigenvalue weighted by atomic mass is 19.1. The normalized spacial score (nSPS) is 9.29. The van der Waals surface area contributed by atoms with Crippen molar-refractivity contribution in [1.82, 2.24) is 9.97 Å². The van der Waals surface area contributed by atoms with Gasteiger partial charge in [-0.1, -0.05) is 0 Å². The molecule has 0 aliphatic heterocycles. The summed E-state index contributed by atoms with van der Waals surface area (Å²) in [5, 5.41) is 0. The van der Waals surface area contributed by atoms with Crippen LogP contribution in [0.25, 0.3) is 0 Å². The third-order valence-corrected chi connectivity index (χ3v) is 0.563. The van der Waals surface area contributed by atoms with E-state index >= 15 is 0 Å². The van der Waals surface area contributed by atoms with Crippen LogP contribution in [0.2, 0.25) is 0 Å². The van der Waals surface area contributed by atoms with Crippen LogP contribution in [0.4, 0.5) is 4.39 Å². The first kappa shape index (κ1) is 4.11. The summed E-state index contributed by atoms with van der Waals surface area (Å²) in [7, 11) is 0. The van der Waals surface area contributed by atoms with Crippen molar-refractivity contribution in [2.24, 2.45) is 0 Å². The minimum absolute atomic E-state index is 0.516.